The molecule has 1 N–H and O–H groups in total. The number of rotatable bonds is 7. The van der Waals surface area contributed by atoms with Gasteiger partial charge in [0.15, 0.2) is 0 Å². The van der Waals surface area contributed by atoms with Crippen molar-refractivity contribution >= 4 is 0 Å². The normalized spacial score (nSPS) is 13.3. The van der Waals surface area contributed by atoms with E-state index >= 15 is 0 Å². The lowest BCUT2D eigenvalue weighted by Gasteiger charge is -2.17. The summed E-state index contributed by atoms with van der Waals surface area (Å²) >= 11 is 0. The average Bonchev–Trinajstić information content (AvgIpc) is 2.33. The number of ether oxygens (including phenoxy) is 1. The van der Waals surface area contributed by atoms with Crippen LogP contribution in [0.4, 0.5) is 0 Å². The van der Waals surface area contributed by atoms with Crippen LogP contribution in [0.3, 0.4) is 0 Å². The molecule has 0 aliphatic rings. The summed E-state index contributed by atoms with van der Waals surface area (Å²) in [5.41, 5.74) is 2.58. The van der Waals surface area contributed by atoms with E-state index in [1.54, 1.807) is 0 Å². The van der Waals surface area contributed by atoms with Gasteiger partial charge in [-0.3, -0.25) is 0 Å². The summed E-state index contributed by atoms with van der Waals surface area (Å²) in [5, 5.41) is 3.43. The molecular weight excluding hydrogens is 222 g/mol. The quantitative estimate of drug-likeness (QED) is 0.794. The maximum Gasteiger partial charge on any atom is 0.0720 e. The Balaban J connectivity index is 2.49. The van der Waals surface area contributed by atoms with E-state index in [-0.39, 0.29) is 0 Å². The molecule has 0 spiro atoms. The second-order valence-corrected chi connectivity index (χ2v) is 5.62. The molecule has 0 radical (unpaired) electrons. The Kier molecular flexibility index (Phi) is 6.37. The molecule has 2 heteroatoms. The molecule has 0 saturated heterocycles. The van der Waals surface area contributed by atoms with Crippen LogP contribution in [0.15, 0.2) is 24.3 Å². The molecular formula is C16H27NO. The third kappa shape index (κ3) is 5.65. The minimum absolute atomic E-state index is 0.308. The fourth-order valence-corrected chi connectivity index (χ4v) is 1.57. The molecule has 18 heavy (non-hydrogen) atoms. The first kappa shape index (κ1) is 15.2. The summed E-state index contributed by atoms with van der Waals surface area (Å²) in [7, 11) is 0. The molecule has 0 aliphatic heterocycles. The van der Waals surface area contributed by atoms with Crippen molar-refractivity contribution in [1.29, 1.82) is 0 Å². The van der Waals surface area contributed by atoms with Crippen molar-refractivity contribution in [1.82, 2.24) is 5.32 Å². The van der Waals surface area contributed by atoms with Gasteiger partial charge in [0.25, 0.3) is 0 Å². The van der Waals surface area contributed by atoms with Gasteiger partial charge in [-0.2, -0.15) is 0 Å². The lowest BCUT2D eigenvalue weighted by Crippen LogP contribution is -2.21. The van der Waals surface area contributed by atoms with Crippen molar-refractivity contribution in [3.05, 3.63) is 35.4 Å². The summed E-state index contributed by atoms with van der Waals surface area (Å²) < 4.78 is 5.85. The Labute approximate surface area is 112 Å². The van der Waals surface area contributed by atoms with Gasteiger partial charge in [0.05, 0.1) is 12.7 Å². The summed E-state index contributed by atoms with van der Waals surface area (Å²) in [6.07, 6.45) is 0.308. The molecule has 1 aromatic carbocycles. The van der Waals surface area contributed by atoms with Crippen LogP contribution in [0.1, 0.15) is 45.7 Å². The monoisotopic (exact) mass is 249 g/mol. The fourth-order valence-electron chi connectivity index (χ4n) is 1.57. The first-order valence-corrected chi connectivity index (χ1v) is 6.92. The summed E-state index contributed by atoms with van der Waals surface area (Å²) in [4.78, 5) is 0. The lowest BCUT2D eigenvalue weighted by atomic mass is 10.1. The first-order valence-electron chi connectivity index (χ1n) is 6.92. The standard InChI is InChI=1S/C16H27NO/c1-12(2)14(5)18-11-16-8-6-7-15(9-16)10-17-13(3)4/h6-9,12-14,17H,10-11H2,1-5H3. The van der Waals surface area contributed by atoms with Crippen molar-refractivity contribution in [3.8, 4) is 0 Å². The van der Waals surface area contributed by atoms with Gasteiger partial charge >= 0.3 is 0 Å². The molecule has 1 atom stereocenters. The second kappa shape index (κ2) is 7.55. The maximum absolute atomic E-state index is 5.85. The molecule has 1 aromatic rings. The number of benzene rings is 1. The van der Waals surface area contributed by atoms with Crippen LogP contribution in [0.2, 0.25) is 0 Å². The summed E-state index contributed by atoms with van der Waals surface area (Å²) in [5.74, 6) is 0.566. The molecule has 1 unspecified atom stereocenters. The zero-order chi connectivity index (χ0) is 13.5. The predicted molar refractivity (Wildman–Crippen MR) is 77.5 cm³/mol. The highest BCUT2D eigenvalue weighted by Gasteiger charge is 2.07. The zero-order valence-electron chi connectivity index (χ0n) is 12.4. The minimum Gasteiger partial charge on any atom is -0.374 e. The average molecular weight is 249 g/mol. The summed E-state index contributed by atoms with van der Waals surface area (Å²) in [6.45, 7) is 12.5. The van der Waals surface area contributed by atoms with Crippen molar-refractivity contribution in [2.45, 2.75) is 59.9 Å². The molecule has 102 valence electrons. The molecule has 0 fully saturated rings. The van der Waals surface area contributed by atoms with Gasteiger partial charge in [0.1, 0.15) is 0 Å². The van der Waals surface area contributed by atoms with Crippen molar-refractivity contribution < 1.29 is 4.74 Å². The molecule has 0 heterocycles. The Hall–Kier alpha value is -0.860. The van der Waals surface area contributed by atoms with Crippen molar-refractivity contribution in [2.24, 2.45) is 5.92 Å². The molecule has 2 nitrogen and oxygen atoms in total. The van der Waals surface area contributed by atoms with Crippen molar-refractivity contribution in [2.75, 3.05) is 0 Å². The van der Waals surface area contributed by atoms with E-state index < -0.39 is 0 Å². The van der Waals surface area contributed by atoms with Crippen LogP contribution in [-0.4, -0.2) is 12.1 Å². The van der Waals surface area contributed by atoms with E-state index in [2.05, 4.69) is 64.2 Å². The highest BCUT2D eigenvalue weighted by Crippen LogP contribution is 2.11. The van der Waals surface area contributed by atoms with Crippen LogP contribution in [0, 0.1) is 5.92 Å². The molecule has 0 saturated carbocycles. The van der Waals surface area contributed by atoms with E-state index in [1.165, 1.54) is 11.1 Å². The number of nitrogens with one attached hydrogen (secondary N) is 1. The Morgan fingerprint density at radius 3 is 2.33 bits per heavy atom. The summed E-state index contributed by atoms with van der Waals surface area (Å²) in [6, 6.07) is 9.14. The van der Waals surface area contributed by atoms with Crippen LogP contribution in [-0.2, 0) is 17.9 Å². The first-order chi connectivity index (χ1) is 8.49. The largest absolute Gasteiger partial charge is 0.374 e. The molecule has 0 aromatic heterocycles. The van der Waals surface area contributed by atoms with Gasteiger partial charge in [0.2, 0.25) is 0 Å². The predicted octanol–water partition coefficient (Wildman–Crippen LogP) is 3.75. The smallest absolute Gasteiger partial charge is 0.0720 e. The van der Waals surface area contributed by atoms with E-state index in [0.717, 1.165) is 6.54 Å². The van der Waals surface area contributed by atoms with E-state index in [1.807, 2.05) is 0 Å². The zero-order valence-corrected chi connectivity index (χ0v) is 12.4. The van der Waals surface area contributed by atoms with E-state index in [9.17, 15) is 0 Å². The molecule has 0 bridgehead atoms. The van der Waals surface area contributed by atoms with Crippen LogP contribution in [0.25, 0.3) is 0 Å². The second-order valence-electron chi connectivity index (χ2n) is 5.62. The molecule has 0 amide bonds. The van der Waals surface area contributed by atoms with Crippen molar-refractivity contribution in [3.63, 3.8) is 0 Å². The Morgan fingerprint density at radius 1 is 1.06 bits per heavy atom. The Bertz CT molecular complexity index is 347. The topological polar surface area (TPSA) is 21.3 Å². The van der Waals surface area contributed by atoms with Gasteiger partial charge in [-0.05, 0) is 24.0 Å². The van der Waals surface area contributed by atoms with E-state index in [0.29, 0.717) is 24.7 Å². The van der Waals surface area contributed by atoms with Gasteiger partial charge in [-0.15, -0.1) is 0 Å². The lowest BCUT2D eigenvalue weighted by molar-refractivity contribution is 0.0235. The highest BCUT2D eigenvalue weighted by atomic mass is 16.5. The fraction of sp³-hybridized carbons (Fsp3) is 0.625. The third-order valence-corrected chi connectivity index (χ3v) is 3.16. The van der Waals surface area contributed by atoms with Crippen LogP contribution < -0.4 is 5.32 Å². The van der Waals surface area contributed by atoms with Crippen LogP contribution in [0.5, 0.6) is 0 Å². The number of hydrogen-bond acceptors (Lipinski definition) is 2. The SMILES string of the molecule is CC(C)NCc1cccc(COC(C)C(C)C)c1. The Morgan fingerprint density at radius 2 is 1.72 bits per heavy atom. The molecule has 1 rings (SSSR count). The number of hydrogen-bond donors (Lipinski definition) is 1. The van der Waals surface area contributed by atoms with Gasteiger partial charge in [-0.25, -0.2) is 0 Å². The third-order valence-electron chi connectivity index (χ3n) is 3.16. The molecule has 0 aliphatic carbocycles. The van der Waals surface area contributed by atoms with Gasteiger partial charge in [0, 0.05) is 12.6 Å². The van der Waals surface area contributed by atoms with Gasteiger partial charge < -0.3 is 10.1 Å². The van der Waals surface area contributed by atoms with Gasteiger partial charge in [-0.1, -0.05) is 52.0 Å². The maximum atomic E-state index is 5.85. The minimum atomic E-state index is 0.308. The highest BCUT2D eigenvalue weighted by molar-refractivity contribution is 5.22. The van der Waals surface area contributed by atoms with E-state index in [4.69, 9.17) is 4.74 Å². The van der Waals surface area contributed by atoms with Crippen LogP contribution >= 0.6 is 0 Å².